The van der Waals surface area contributed by atoms with Crippen molar-refractivity contribution in [2.75, 3.05) is 0 Å². The SMILES string of the molecule is C1=CC2N=C(c3cccc4oc5c(c34)=CCC(n3c4ccccc4c4ccccc43)C=5)NC(c3ccccc3)=C2CC1. The monoisotopic (exact) mass is 543 g/mol. The normalized spacial score (nSPS) is 19.7. The fourth-order valence-electron chi connectivity index (χ4n) is 7.18. The second-order valence-electron chi connectivity index (χ2n) is 11.4. The number of rotatable bonds is 3. The number of amidine groups is 1. The van der Waals surface area contributed by atoms with Gasteiger partial charge in [-0.3, -0.25) is 4.99 Å². The Morgan fingerprint density at radius 1 is 0.810 bits per heavy atom. The van der Waals surface area contributed by atoms with Crippen molar-refractivity contribution >= 4 is 56.5 Å². The van der Waals surface area contributed by atoms with E-state index in [9.17, 15) is 0 Å². The van der Waals surface area contributed by atoms with Gasteiger partial charge in [0.2, 0.25) is 0 Å². The number of benzene rings is 4. The van der Waals surface area contributed by atoms with Gasteiger partial charge >= 0.3 is 0 Å². The molecule has 0 amide bonds. The Morgan fingerprint density at radius 2 is 1.57 bits per heavy atom. The van der Waals surface area contributed by atoms with Gasteiger partial charge in [-0.2, -0.15) is 0 Å². The Balaban J connectivity index is 1.20. The molecule has 4 nitrogen and oxygen atoms in total. The standard InChI is InChI=1S/C38H29N3O/c1-2-11-24(12-3-1)37-28-15-4-7-17-31(28)39-38(40-37)30-16-10-20-34-36(30)29-22-21-25(23-35(29)42-34)41-32-18-8-5-13-26(32)27-14-6-9-19-33(27)41/h1-3,5-14,16-20,22-23,25,31H,4,15,21H2,(H,39,40). The first kappa shape index (κ1) is 23.6. The molecule has 0 spiro atoms. The second kappa shape index (κ2) is 9.22. The summed E-state index contributed by atoms with van der Waals surface area (Å²) >= 11 is 0. The topological polar surface area (TPSA) is 42.5 Å². The summed E-state index contributed by atoms with van der Waals surface area (Å²) in [5.41, 5.74) is 9.18. The van der Waals surface area contributed by atoms with Crippen molar-refractivity contribution in [1.29, 1.82) is 0 Å². The number of allylic oxidation sites excluding steroid dienone is 1. The van der Waals surface area contributed by atoms with Crippen molar-refractivity contribution in [3.63, 3.8) is 0 Å². The molecule has 0 bridgehead atoms. The van der Waals surface area contributed by atoms with Crippen LogP contribution in [0.25, 0.3) is 50.6 Å². The number of nitrogens with one attached hydrogen (secondary N) is 1. The highest BCUT2D eigenvalue weighted by Gasteiger charge is 2.27. The third-order valence-electron chi connectivity index (χ3n) is 9.04. The highest BCUT2D eigenvalue weighted by atomic mass is 16.3. The summed E-state index contributed by atoms with van der Waals surface area (Å²) in [6.07, 6.45) is 12.2. The van der Waals surface area contributed by atoms with Crippen molar-refractivity contribution in [2.45, 2.75) is 31.3 Å². The summed E-state index contributed by atoms with van der Waals surface area (Å²) in [5, 5.41) is 8.65. The number of furan rings is 1. The van der Waals surface area contributed by atoms with Crippen LogP contribution in [-0.4, -0.2) is 16.4 Å². The van der Waals surface area contributed by atoms with Crippen molar-refractivity contribution in [2.24, 2.45) is 4.99 Å². The third-order valence-corrected chi connectivity index (χ3v) is 9.04. The van der Waals surface area contributed by atoms with Gasteiger partial charge in [-0.05, 0) is 54.7 Å². The van der Waals surface area contributed by atoms with E-state index in [0.29, 0.717) is 0 Å². The van der Waals surface area contributed by atoms with E-state index in [1.807, 2.05) is 0 Å². The molecule has 3 heterocycles. The summed E-state index contributed by atoms with van der Waals surface area (Å²) in [6, 6.07) is 34.6. The Labute approximate surface area is 243 Å². The molecule has 1 N–H and O–H groups in total. The van der Waals surface area contributed by atoms with Gasteiger partial charge in [-0.25, -0.2) is 0 Å². The van der Waals surface area contributed by atoms with Crippen LogP contribution in [0.4, 0.5) is 0 Å². The van der Waals surface area contributed by atoms with Crippen LogP contribution >= 0.6 is 0 Å². The Morgan fingerprint density at radius 3 is 2.38 bits per heavy atom. The number of aromatic nitrogens is 1. The fourth-order valence-corrected chi connectivity index (χ4v) is 7.18. The predicted octanol–water partition coefficient (Wildman–Crippen LogP) is 7.23. The molecule has 2 aromatic heterocycles. The zero-order valence-corrected chi connectivity index (χ0v) is 23.1. The van der Waals surface area contributed by atoms with Crippen molar-refractivity contribution in [3.05, 3.63) is 137 Å². The molecule has 1 aliphatic heterocycles. The Bertz CT molecular complexity index is 2210. The van der Waals surface area contributed by atoms with Crippen LogP contribution < -0.4 is 16.0 Å². The van der Waals surface area contributed by atoms with Gasteiger partial charge in [0.05, 0.1) is 12.1 Å². The van der Waals surface area contributed by atoms with Gasteiger partial charge < -0.3 is 14.3 Å². The van der Waals surface area contributed by atoms with Crippen LogP contribution in [-0.2, 0) is 0 Å². The molecule has 3 aliphatic rings. The first-order valence-corrected chi connectivity index (χ1v) is 14.8. The minimum Gasteiger partial charge on any atom is -0.456 e. The second-order valence-corrected chi connectivity index (χ2v) is 11.4. The fraction of sp³-hybridized carbons (Fsp3) is 0.132. The summed E-state index contributed by atoms with van der Waals surface area (Å²) in [5.74, 6) is 0.904. The van der Waals surface area contributed by atoms with Crippen molar-refractivity contribution < 1.29 is 4.42 Å². The van der Waals surface area contributed by atoms with E-state index in [1.54, 1.807) is 0 Å². The number of nitrogens with zero attached hydrogens (tertiary/aromatic N) is 2. The number of fused-ring (bicyclic) bond motifs is 7. The third kappa shape index (κ3) is 3.51. The van der Waals surface area contributed by atoms with Crippen LogP contribution in [0, 0.1) is 0 Å². The molecular formula is C38H29N3O. The quantitative estimate of drug-likeness (QED) is 0.239. The minimum atomic E-state index is 0.0541. The maximum absolute atomic E-state index is 6.58. The molecule has 42 heavy (non-hydrogen) atoms. The van der Waals surface area contributed by atoms with E-state index < -0.39 is 0 Å². The maximum Gasteiger partial charge on any atom is 0.136 e. The smallest absolute Gasteiger partial charge is 0.136 e. The van der Waals surface area contributed by atoms with E-state index in [2.05, 4.69) is 131 Å². The lowest BCUT2D eigenvalue weighted by Gasteiger charge is -2.29. The lowest BCUT2D eigenvalue weighted by molar-refractivity contribution is 0.560. The van der Waals surface area contributed by atoms with E-state index >= 15 is 0 Å². The summed E-state index contributed by atoms with van der Waals surface area (Å²) < 4.78 is 9.05. The average molecular weight is 544 g/mol. The molecule has 4 aromatic carbocycles. The zero-order valence-electron chi connectivity index (χ0n) is 23.1. The highest BCUT2D eigenvalue weighted by Crippen LogP contribution is 2.35. The van der Waals surface area contributed by atoms with Crippen LogP contribution in [0.5, 0.6) is 0 Å². The first-order valence-electron chi connectivity index (χ1n) is 14.8. The van der Waals surface area contributed by atoms with Crippen molar-refractivity contribution in [1.82, 2.24) is 9.88 Å². The van der Waals surface area contributed by atoms with Gasteiger partial charge in [0.25, 0.3) is 0 Å². The summed E-state index contributed by atoms with van der Waals surface area (Å²) in [7, 11) is 0. The van der Waals surface area contributed by atoms with Gasteiger partial charge in [0, 0.05) is 43.7 Å². The summed E-state index contributed by atoms with van der Waals surface area (Å²) in [4.78, 5) is 5.24. The van der Waals surface area contributed by atoms with Gasteiger partial charge in [0.15, 0.2) is 0 Å². The largest absolute Gasteiger partial charge is 0.456 e. The number of para-hydroxylation sites is 2. The van der Waals surface area contributed by atoms with E-state index in [0.717, 1.165) is 52.3 Å². The van der Waals surface area contributed by atoms with E-state index in [-0.39, 0.29) is 12.1 Å². The average Bonchev–Trinajstić information content (AvgIpc) is 3.60. The van der Waals surface area contributed by atoms with Crippen LogP contribution in [0.1, 0.15) is 36.4 Å². The van der Waals surface area contributed by atoms with Gasteiger partial charge in [0.1, 0.15) is 16.8 Å². The van der Waals surface area contributed by atoms with Gasteiger partial charge in [-0.15, -0.1) is 0 Å². The predicted molar refractivity (Wildman–Crippen MR) is 173 cm³/mol. The highest BCUT2D eigenvalue weighted by molar-refractivity contribution is 6.13. The van der Waals surface area contributed by atoms with E-state index in [1.165, 1.54) is 38.6 Å². The molecule has 0 saturated carbocycles. The molecule has 9 rings (SSSR count). The lowest BCUT2D eigenvalue weighted by Crippen LogP contribution is -2.34. The Hall–Kier alpha value is -5.09. The zero-order chi connectivity index (χ0) is 27.6. The Kier molecular flexibility index (Phi) is 5.18. The summed E-state index contributed by atoms with van der Waals surface area (Å²) in [6.45, 7) is 0. The van der Waals surface area contributed by atoms with E-state index in [4.69, 9.17) is 9.41 Å². The number of aliphatic imine (C=N–C) groups is 1. The first-order chi connectivity index (χ1) is 20.8. The molecule has 4 heteroatoms. The molecule has 0 radical (unpaired) electrons. The minimum absolute atomic E-state index is 0.0541. The molecule has 0 saturated heterocycles. The lowest BCUT2D eigenvalue weighted by atomic mass is 9.90. The molecule has 0 fully saturated rings. The molecule has 2 atom stereocenters. The molecule has 2 aliphatic carbocycles. The molecule has 6 aromatic rings. The molecule has 2 unspecified atom stereocenters. The maximum atomic E-state index is 6.58. The number of hydrogen-bond donors (Lipinski definition) is 1. The number of hydrogen-bond acceptors (Lipinski definition) is 3. The molecular weight excluding hydrogens is 514 g/mol. The van der Waals surface area contributed by atoms with Gasteiger partial charge in [-0.1, -0.05) is 97.1 Å². The van der Waals surface area contributed by atoms with Crippen LogP contribution in [0.15, 0.2) is 124 Å². The van der Waals surface area contributed by atoms with Crippen molar-refractivity contribution in [3.8, 4) is 0 Å². The van der Waals surface area contributed by atoms with Crippen LogP contribution in [0.3, 0.4) is 0 Å². The molecule has 202 valence electrons. The van der Waals surface area contributed by atoms with Crippen LogP contribution in [0.2, 0.25) is 0 Å².